The second-order valence-electron chi connectivity index (χ2n) is 24.8. The number of aryl methyl sites for hydroxylation is 3. The molecule has 4 heterocycles. The van der Waals surface area contributed by atoms with Gasteiger partial charge in [-0.1, -0.05) is 119 Å². The van der Waals surface area contributed by atoms with Crippen LogP contribution >= 0.6 is 18.9 Å². The maximum atomic E-state index is 14.5. The number of unbranched alkanes of at least 4 members (excludes halogenated alkanes) is 1. The Labute approximate surface area is 521 Å². The van der Waals surface area contributed by atoms with E-state index >= 15 is 0 Å². The lowest BCUT2D eigenvalue weighted by Gasteiger charge is -2.35. The number of primary amides is 1. The number of nitrogens with two attached hydrogens (primary N) is 1. The minimum absolute atomic E-state index is 0.000935. The van der Waals surface area contributed by atoms with Crippen LogP contribution in [0.3, 0.4) is 0 Å². The van der Waals surface area contributed by atoms with Gasteiger partial charge >= 0.3 is 13.3 Å². The summed E-state index contributed by atoms with van der Waals surface area (Å²) in [6.45, 7) is 13.0. The van der Waals surface area contributed by atoms with E-state index in [-0.39, 0.29) is 75.7 Å². The van der Waals surface area contributed by atoms with E-state index in [1.54, 1.807) is 18.3 Å². The van der Waals surface area contributed by atoms with Gasteiger partial charge in [0.05, 0.1) is 52.7 Å². The molecule has 3 aliphatic heterocycles. The van der Waals surface area contributed by atoms with E-state index in [2.05, 4.69) is 20.9 Å². The van der Waals surface area contributed by atoms with Gasteiger partial charge in [-0.05, 0) is 115 Å². The van der Waals surface area contributed by atoms with E-state index in [1.807, 2.05) is 107 Å². The van der Waals surface area contributed by atoms with Gasteiger partial charge in [-0.3, -0.25) is 43.0 Å². The average molecular weight is 1260 g/mol. The van der Waals surface area contributed by atoms with Crippen molar-refractivity contribution in [1.29, 1.82) is 0 Å². The van der Waals surface area contributed by atoms with Crippen molar-refractivity contribution in [2.75, 3.05) is 11.4 Å². The molecule has 3 aliphatic rings. The molecular weight excluding hydrogens is 1180 g/mol. The zero-order valence-corrected chi connectivity index (χ0v) is 52.9. The Hall–Kier alpha value is -7.33. The number of Topliss-reactive ketones (excluding diaryl/α,β-unsaturated/α-hetero) is 1. The fourth-order valence-electron chi connectivity index (χ4n) is 11.8. The highest BCUT2D eigenvalue weighted by atomic mass is 32.1. The molecule has 1 saturated heterocycles. The van der Waals surface area contributed by atoms with Crippen molar-refractivity contribution in [2.24, 2.45) is 11.1 Å². The van der Waals surface area contributed by atoms with Gasteiger partial charge in [-0.2, -0.15) is 8.78 Å². The number of halogens is 2. The van der Waals surface area contributed by atoms with Crippen LogP contribution in [0.5, 0.6) is 0 Å². The number of ether oxygens (including phenoxy) is 1. The molecule has 0 spiro atoms. The number of hydrogen-bond acceptors (Lipinski definition) is 12. The van der Waals surface area contributed by atoms with Gasteiger partial charge < -0.3 is 46.2 Å². The van der Waals surface area contributed by atoms with E-state index in [9.17, 15) is 52.0 Å². The summed E-state index contributed by atoms with van der Waals surface area (Å²) >= 11 is 1.57. The zero-order chi connectivity index (χ0) is 64.7. The number of alkyl halides is 2. The Balaban J connectivity index is 0.814. The summed E-state index contributed by atoms with van der Waals surface area (Å²) in [5.74, 6) is -3.22. The van der Waals surface area contributed by atoms with Gasteiger partial charge in [0.2, 0.25) is 35.4 Å². The van der Waals surface area contributed by atoms with E-state index in [0.717, 1.165) is 56.1 Å². The second kappa shape index (κ2) is 28.7. The molecule has 23 heteroatoms. The number of anilines is 1. The molecule has 0 saturated carbocycles. The van der Waals surface area contributed by atoms with Crippen LogP contribution in [0.25, 0.3) is 16.0 Å². The highest BCUT2D eigenvalue weighted by molar-refractivity contribution is 7.52. The molecule has 5 aromatic rings. The van der Waals surface area contributed by atoms with Crippen molar-refractivity contribution in [2.45, 2.75) is 180 Å². The Morgan fingerprint density at radius 3 is 2.21 bits per heavy atom. The molecule has 1 fully saturated rings. The minimum Gasteiger partial charge on any atom is -0.391 e. The van der Waals surface area contributed by atoms with Gasteiger partial charge in [-0.15, -0.1) is 11.3 Å². The summed E-state index contributed by atoms with van der Waals surface area (Å²) in [7, 11) is -5.79. The summed E-state index contributed by atoms with van der Waals surface area (Å²) in [4.78, 5) is 123. The lowest BCUT2D eigenvalue weighted by Crippen LogP contribution is -2.56. The number of allylic oxidation sites excluding steroid dienone is 1. The molecule has 8 atom stereocenters. The first-order valence-electron chi connectivity index (χ1n) is 30.1. The van der Waals surface area contributed by atoms with Crippen LogP contribution in [0.1, 0.15) is 143 Å². The number of carbonyl (C=O) groups excluding carboxylic acids is 7. The number of aliphatic hydroxyl groups excluding tert-OH is 1. The van der Waals surface area contributed by atoms with Crippen LogP contribution in [0.15, 0.2) is 103 Å². The number of likely N-dealkylation sites (tertiary alicyclic amines) is 1. The summed E-state index contributed by atoms with van der Waals surface area (Å²) in [5, 5.41) is 19.5. The van der Waals surface area contributed by atoms with E-state index < -0.39 is 96.2 Å². The highest BCUT2D eigenvalue weighted by Gasteiger charge is 2.51. The number of hydrogen-bond donors (Lipinski definition) is 7. The SMILES string of the molecule is C/C(=C\C(=O)N[C@H]1CCc2cccc3c2N(C1=O)[C@H](C(=O)N[C@@H](CCC(N)=O)[C@@H](C)OCc1ccc(CCCCC(=O)N[C@H](C(=O)N2C[C@H](O)C[C@H]2C(=O)C[C@@H](C)c2ccc(-c4scnc4C)cc2)C(C)(C)C)cc1)C3)c1ccc(C(F)(F)P(=O)(O)O)cc1. The lowest BCUT2D eigenvalue weighted by molar-refractivity contribution is -0.143. The largest absolute Gasteiger partial charge is 0.399 e. The molecule has 476 valence electrons. The topological polar surface area (TPSA) is 288 Å². The van der Waals surface area contributed by atoms with Gasteiger partial charge in [-0.25, -0.2) is 4.98 Å². The number of para-hydroxylation sites is 1. The minimum atomic E-state index is -5.79. The summed E-state index contributed by atoms with van der Waals surface area (Å²) in [5.41, 5.74) is 9.06. The Bertz CT molecular complexity index is 3500. The van der Waals surface area contributed by atoms with Crippen LogP contribution in [-0.2, 0) is 74.4 Å². The number of benzene rings is 4. The third-order valence-electron chi connectivity index (χ3n) is 17.0. The van der Waals surface area contributed by atoms with Gasteiger partial charge in [0.1, 0.15) is 18.1 Å². The molecule has 1 aromatic heterocycles. The van der Waals surface area contributed by atoms with Crippen molar-refractivity contribution >= 4 is 71.4 Å². The zero-order valence-electron chi connectivity index (χ0n) is 51.2. The molecule has 8 rings (SSSR count). The molecule has 6 amide bonds. The molecule has 0 bridgehead atoms. The van der Waals surface area contributed by atoms with Crippen molar-refractivity contribution < 1.29 is 66.5 Å². The fourth-order valence-corrected chi connectivity index (χ4v) is 13.1. The number of nitrogens with one attached hydrogen (secondary N) is 3. The number of rotatable bonds is 26. The maximum absolute atomic E-state index is 14.5. The van der Waals surface area contributed by atoms with Gasteiger partial charge in [0.25, 0.3) is 0 Å². The number of carbonyl (C=O) groups is 7. The lowest BCUT2D eigenvalue weighted by atomic mass is 9.85. The van der Waals surface area contributed by atoms with Crippen molar-refractivity contribution in [3.8, 4) is 10.4 Å². The number of β-amino-alcohol motifs (C(OH)–C–C–N with tert-alkyl or cyclic N) is 1. The standard InChI is InChI=1S/C66H80F2N7O12PS/c1-38(44-19-21-47(22-20-44)60-40(3)70-37-89-60)31-55(77)53-34-50(76)35-74(53)64(83)61(65(5,6)7)73-57(79)14-9-8-11-42-15-17-43(18-16-42)36-87-41(4)51(29-30-56(69)78)72-62(81)54-33-48-13-10-12-46-25-28-52(63(82)75(54)59(46)48)71-58(80)32-39(2)45-23-26-49(27-24-45)66(67,68)88(84,85)86/h10,12-13,15-24,26-27,32,37-38,41,50-54,61,76H,8-9,11,14,25,28-31,33-36H2,1-7H3,(H2,69,78)(H,71,80)(H,72,81)(H,73,79)(H2,84,85,86)/b39-32+/t38-,41-,50-,51+,52+,53+,54+,61-/m1/s1. The normalized spacial score (nSPS) is 19.2. The number of nitrogens with zero attached hydrogens (tertiary/aromatic N) is 3. The maximum Gasteiger partial charge on any atom is 0.399 e. The predicted octanol–water partition coefficient (Wildman–Crippen LogP) is 8.46. The Morgan fingerprint density at radius 1 is 0.899 bits per heavy atom. The molecule has 0 unspecified atom stereocenters. The van der Waals surface area contributed by atoms with Crippen molar-refractivity contribution in [3.63, 3.8) is 0 Å². The van der Waals surface area contributed by atoms with Crippen LogP contribution < -0.4 is 26.6 Å². The second-order valence-corrected chi connectivity index (χ2v) is 27.3. The first-order chi connectivity index (χ1) is 42.0. The van der Waals surface area contributed by atoms with E-state index in [0.29, 0.717) is 42.5 Å². The smallest absolute Gasteiger partial charge is 0.391 e. The summed E-state index contributed by atoms with van der Waals surface area (Å²) < 4.78 is 46.2. The Morgan fingerprint density at radius 2 is 1.57 bits per heavy atom. The molecule has 8 N–H and O–H groups in total. The molecule has 0 radical (unpaired) electrons. The van der Waals surface area contributed by atoms with Gasteiger partial charge in [0, 0.05) is 50.3 Å². The number of thiazole rings is 1. The number of ketones is 1. The van der Waals surface area contributed by atoms with Crippen molar-refractivity contribution in [1.82, 2.24) is 25.8 Å². The molecule has 89 heavy (non-hydrogen) atoms. The monoisotopic (exact) mass is 1260 g/mol. The van der Waals surface area contributed by atoms with E-state index in [1.165, 1.54) is 34.9 Å². The highest BCUT2D eigenvalue weighted by Crippen LogP contribution is 2.59. The van der Waals surface area contributed by atoms with E-state index in [4.69, 9.17) is 20.3 Å². The fraction of sp³-hybridized carbons (Fsp3) is 0.455. The third kappa shape index (κ3) is 16.6. The average Bonchev–Trinajstić information content (AvgIpc) is 1.68. The number of aromatic nitrogens is 1. The van der Waals surface area contributed by atoms with Crippen LogP contribution in [0, 0.1) is 12.3 Å². The Kier molecular flexibility index (Phi) is 21.8. The predicted molar refractivity (Wildman–Crippen MR) is 334 cm³/mol. The first kappa shape index (κ1) is 67.6. The van der Waals surface area contributed by atoms with Crippen LogP contribution in [-0.4, -0.2) is 115 Å². The molecule has 4 aromatic carbocycles. The molecular formula is C66H80F2N7O12PS. The van der Waals surface area contributed by atoms with Crippen molar-refractivity contribution in [3.05, 3.63) is 147 Å². The first-order valence-corrected chi connectivity index (χ1v) is 32.6. The van der Waals surface area contributed by atoms with Crippen LogP contribution in [0.4, 0.5) is 14.5 Å². The number of amides is 6. The summed E-state index contributed by atoms with van der Waals surface area (Å²) in [6, 6.07) is 21.0. The van der Waals surface area contributed by atoms with Crippen LogP contribution in [0.2, 0.25) is 0 Å². The molecule has 0 aliphatic carbocycles. The van der Waals surface area contributed by atoms with Gasteiger partial charge in [0.15, 0.2) is 5.78 Å². The number of aliphatic hydroxyl groups is 1. The molecule has 19 nitrogen and oxygen atoms in total. The quantitative estimate of drug-likeness (QED) is 0.0156. The summed E-state index contributed by atoms with van der Waals surface area (Å²) in [6.07, 6.45) is 2.91. The third-order valence-corrected chi connectivity index (χ3v) is 19.0.